The first-order valence-corrected chi connectivity index (χ1v) is 8.19. The van der Waals surface area contributed by atoms with E-state index < -0.39 is 37.7 Å². The van der Waals surface area contributed by atoms with E-state index in [0.29, 0.717) is 6.08 Å². The smallest absolute Gasteiger partial charge is 0.384 e. The molecule has 11 nitrogen and oxygen atoms in total. The summed E-state index contributed by atoms with van der Waals surface area (Å²) in [5, 5.41) is 20.0. The van der Waals surface area contributed by atoms with Crippen LogP contribution in [0.5, 0.6) is 0 Å². The van der Waals surface area contributed by atoms with Crippen molar-refractivity contribution in [2.45, 2.75) is 24.5 Å². The fraction of sp³-hybridized carbons (Fsp3) is 0.364. The molecule has 0 spiro atoms. The van der Waals surface area contributed by atoms with Crippen LogP contribution in [0.1, 0.15) is 6.23 Å². The van der Waals surface area contributed by atoms with E-state index in [2.05, 4.69) is 15.0 Å². The molecule has 1 saturated heterocycles. The molecule has 4 atom stereocenters. The van der Waals surface area contributed by atoms with Gasteiger partial charge in [0, 0.05) is 0 Å². The number of ether oxygens (including phenoxy) is 1. The van der Waals surface area contributed by atoms with Crippen molar-refractivity contribution < 1.29 is 33.7 Å². The molecular formula is C11H13FN5O6P. The van der Waals surface area contributed by atoms with Crippen LogP contribution >= 0.6 is 7.60 Å². The van der Waals surface area contributed by atoms with Gasteiger partial charge in [-0.2, -0.15) is 4.39 Å². The zero-order valence-corrected chi connectivity index (χ0v) is 12.7. The molecule has 4 unspecified atom stereocenters. The maximum absolute atomic E-state index is 13.4. The largest absolute Gasteiger partial charge is 0.387 e. The molecule has 130 valence electrons. The lowest BCUT2D eigenvalue weighted by Crippen LogP contribution is -2.30. The normalized spacial score (nSPS) is 28.6. The van der Waals surface area contributed by atoms with Gasteiger partial charge in [0.15, 0.2) is 17.7 Å². The van der Waals surface area contributed by atoms with Crippen LogP contribution < -0.4 is 5.73 Å². The first-order chi connectivity index (χ1) is 11.2. The number of imidazole rings is 1. The number of nitrogens with zero attached hydrogens (tertiary/aromatic N) is 4. The Kier molecular flexibility index (Phi) is 4.11. The van der Waals surface area contributed by atoms with Gasteiger partial charge in [0.25, 0.3) is 0 Å². The molecule has 13 heteroatoms. The Morgan fingerprint density at radius 3 is 2.71 bits per heavy atom. The summed E-state index contributed by atoms with van der Waals surface area (Å²) in [6, 6.07) is 0. The van der Waals surface area contributed by atoms with Crippen LogP contribution in [0.3, 0.4) is 0 Å². The predicted octanol–water partition coefficient (Wildman–Crippen LogP) is -0.984. The number of halogens is 1. The van der Waals surface area contributed by atoms with Crippen molar-refractivity contribution in [1.29, 1.82) is 0 Å². The van der Waals surface area contributed by atoms with Crippen molar-refractivity contribution in [3.05, 3.63) is 24.3 Å². The second-order valence-electron chi connectivity index (χ2n) is 5.09. The highest BCUT2D eigenvalue weighted by Gasteiger charge is 2.44. The number of hydrogen-bond donors (Lipinski definition) is 5. The molecule has 0 bridgehead atoms. The van der Waals surface area contributed by atoms with Crippen molar-refractivity contribution in [1.82, 2.24) is 19.5 Å². The first kappa shape index (κ1) is 16.9. The fourth-order valence-electron chi connectivity index (χ4n) is 2.34. The predicted molar refractivity (Wildman–Crippen MR) is 76.9 cm³/mol. The fourth-order valence-corrected chi connectivity index (χ4v) is 2.68. The molecule has 24 heavy (non-hydrogen) atoms. The van der Waals surface area contributed by atoms with Gasteiger partial charge in [0.1, 0.15) is 30.2 Å². The Morgan fingerprint density at radius 1 is 1.33 bits per heavy atom. The summed E-state index contributed by atoms with van der Waals surface area (Å²) in [7, 11) is -5.12. The van der Waals surface area contributed by atoms with Gasteiger partial charge in [0.2, 0.25) is 5.57 Å². The van der Waals surface area contributed by atoms with E-state index in [-0.39, 0.29) is 17.0 Å². The van der Waals surface area contributed by atoms with Crippen LogP contribution in [0.4, 0.5) is 10.2 Å². The Labute approximate surface area is 133 Å². The molecule has 0 aliphatic carbocycles. The zero-order chi connectivity index (χ0) is 17.6. The Bertz CT molecular complexity index is 853. The van der Waals surface area contributed by atoms with Crippen molar-refractivity contribution in [3.8, 4) is 0 Å². The number of anilines is 1. The second kappa shape index (κ2) is 5.84. The van der Waals surface area contributed by atoms with Gasteiger partial charge in [-0.05, 0) is 6.08 Å². The van der Waals surface area contributed by atoms with Gasteiger partial charge < -0.3 is 30.5 Å². The molecule has 3 heterocycles. The molecule has 0 saturated carbocycles. The van der Waals surface area contributed by atoms with Crippen molar-refractivity contribution >= 4 is 24.6 Å². The SMILES string of the molecule is Nc1ncnc2c1ncn2C1OC(C=C(F)P(=O)(O)O)C(O)C1O. The molecule has 3 rings (SSSR count). The van der Waals surface area contributed by atoms with Gasteiger partial charge in [-0.15, -0.1) is 0 Å². The number of hydrogen-bond acceptors (Lipinski definition) is 8. The maximum atomic E-state index is 13.4. The highest BCUT2D eigenvalue weighted by molar-refractivity contribution is 7.56. The molecule has 2 aromatic heterocycles. The topological polar surface area (TPSA) is 177 Å². The van der Waals surface area contributed by atoms with Crippen molar-refractivity contribution in [3.63, 3.8) is 0 Å². The molecule has 1 fully saturated rings. The summed E-state index contributed by atoms with van der Waals surface area (Å²) in [6.45, 7) is 0. The third-order valence-electron chi connectivity index (χ3n) is 3.52. The summed E-state index contributed by atoms with van der Waals surface area (Å²) >= 11 is 0. The molecule has 6 N–H and O–H groups in total. The molecule has 1 aliphatic rings. The zero-order valence-electron chi connectivity index (χ0n) is 11.8. The van der Waals surface area contributed by atoms with Gasteiger partial charge in [0.05, 0.1) is 6.33 Å². The second-order valence-corrected chi connectivity index (χ2v) is 6.60. The van der Waals surface area contributed by atoms with E-state index in [1.165, 1.54) is 17.2 Å². The average molecular weight is 361 g/mol. The van der Waals surface area contributed by atoms with E-state index in [1.54, 1.807) is 0 Å². The quantitative estimate of drug-likeness (QED) is 0.427. The number of rotatable bonds is 3. The molecule has 0 radical (unpaired) electrons. The molecule has 0 aromatic carbocycles. The molecule has 1 aliphatic heterocycles. The van der Waals surface area contributed by atoms with E-state index in [9.17, 15) is 19.2 Å². The van der Waals surface area contributed by atoms with E-state index in [1.807, 2.05) is 0 Å². The van der Waals surface area contributed by atoms with Gasteiger partial charge >= 0.3 is 7.60 Å². The van der Waals surface area contributed by atoms with E-state index in [0.717, 1.165) is 0 Å². The van der Waals surface area contributed by atoms with Gasteiger partial charge in [-0.3, -0.25) is 9.13 Å². The number of aliphatic hydroxyl groups excluding tert-OH is 2. The lowest BCUT2D eigenvalue weighted by atomic mass is 10.1. The first-order valence-electron chi connectivity index (χ1n) is 6.58. The highest BCUT2D eigenvalue weighted by atomic mass is 31.2. The van der Waals surface area contributed by atoms with E-state index in [4.69, 9.17) is 20.3 Å². The summed E-state index contributed by atoms with van der Waals surface area (Å²) in [4.78, 5) is 29.2. The maximum Gasteiger partial charge on any atom is 0.384 e. The van der Waals surface area contributed by atoms with Gasteiger partial charge in [-0.25, -0.2) is 15.0 Å². The van der Waals surface area contributed by atoms with Crippen LogP contribution in [0.2, 0.25) is 0 Å². The number of aromatic nitrogens is 4. The number of aliphatic hydroxyl groups is 2. The molecule has 0 amide bonds. The summed E-state index contributed by atoms with van der Waals surface area (Å²) in [6.07, 6.45) is -3.01. The minimum absolute atomic E-state index is 0.0933. The number of nitrogens with two attached hydrogens (primary N) is 1. The Balaban J connectivity index is 1.95. The van der Waals surface area contributed by atoms with Crippen LogP contribution in [-0.2, 0) is 9.30 Å². The highest BCUT2D eigenvalue weighted by Crippen LogP contribution is 2.46. The molecular weight excluding hydrogens is 348 g/mol. The lowest BCUT2D eigenvalue weighted by molar-refractivity contribution is -0.0246. The summed E-state index contributed by atoms with van der Waals surface area (Å²) < 4.78 is 30.8. The Morgan fingerprint density at radius 2 is 2.04 bits per heavy atom. The van der Waals surface area contributed by atoms with Crippen LogP contribution in [-0.4, -0.2) is 57.8 Å². The van der Waals surface area contributed by atoms with Crippen molar-refractivity contribution in [2.24, 2.45) is 0 Å². The number of nitrogen functional groups attached to an aromatic ring is 1. The van der Waals surface area contributed by atoms with Crippen LogP contribution in [0.25, 0.3) is 11.2 Å². The summed E-state index contributed by atoms with van der Waals surface area (Å²) in [5.41, 5.74) is 4.33. The van der Waals surface area contributed by atoms with Gasteiger partial charge in [-0.1, -0.05) is 0 Å². The van der Waals surface area contributed by atoms with E-state index >= 15 is 0 Å². The minimum Gasteiger partial charge on any atom is -0.387 e. The third-order valence-corrected chi connectivity index (χ3v) is 4.22. The Hall–Kier alpha value is -1.95. The minimum atomic E-state index is -5.12. The lowest BCUT2D eigenvalue weighted by Gasteiger charge is -2.16. The van der Waals surface area contributed by atoms with Crippen LogP contribution in [0, 0.1) is 0 Å². The monoisotopic (exact) mass is 361 g/mol. The van der Waals surface area contributed by atoms with Crippen molar-refractivity contribution in [2.75, 3.05) is 5.73 Å². The average Bonchev–Trinajstić information content (AvgIpc) is 3.04. The third kappa shape index (κ3) is 2.79. The standard InChI is InChI=1S/C11H13FN5O6P/c12-5(24(20,21)22)1-4-7(18)8(19)11(23-4)17-3-16-6-9(13)14-2-15-10(6)17/h1-4,7-8,11,18-19H,(H2,13,14,15)(H2,20,21,22). The molecule has 2 aromatic rings. The number of fused-ring (bicyclic) bond motifs is 1. The van der Waals surface area contributed by atoms with Crippen LogP contribution in [0.15, 0.2) is 24.3 Å². The summed E-state index contributed by atoms with van der Waals surface area (Å²) in [5.74, 6) is 0.0933.